The number of guanidine groups is 1. The van der Waals surface area contributed by atoms with E-state index in [4.69, 9.17) is 9.47 Å². The Hall–Kier alpha value is -3.23. The first-order chi connectivity index (χ1) is 12.5. The Kier molecular flexibility index (Phi) is 3.90. The second-order valence-corrected chi connectivity index (χ2v) is 6.38. The lowest BCUT2D eigenvalue weighted by molar-refractivity contribution is -0.129. The third-order valence-electron chi connectivity index (χ3n) is 4.20. The van der Waals surface area contributed by atoms with Gasteiger partial charge >= 0.3 is 0 Å². The first-order valence-electron chi connectivity index (χ1n) is 8.33. The van der Waals surface area contributed by atoms with E-state index in [0.29, 0.717) is 42.2 Å². The number of amides is 2. The summed E-state index contributed by atoms with van der Waals surface area (Å²) in [5.41, 5.74) is 4.59. The molecule has 1 saturated heterocycles. The zero-order chi connectivity index (χ0) is 18.3. The molecule has 3 heterocycles. The van der Waals surface area contributed by atoms with E-state index in [9.17, 15) is 9.59 Å². The van der Waals surface area contributed by atoms with Crippen molar-refractivity contribution in [1.29, 1.82) is 0 Å². The molecule has 3 aliphatic heterocycles. The van der Waals surface area contributed by atoms with Gasteiger partial charge in [-0.1, -0.05) is 0 Å². The molecule has 0 unspecified atom stereocenters. The molecular formula is C17H19N5O4. The van der Waals surface area contributed by atoms with Crippen LogP contribution in [0.5, 0.6) is 11.5 Å². The molecule has 2 amide bonds. The number of allylic oxidation sites excluding steroid dienone is 1. The van der Waals surface area contributed by atoms with Crippen LogP contribution in [-0.4, -0.2) is 42.0 Å². The largest absolute Gasteiger partial charge is 0.486 e. The van der Waals surface area contributed by atoms with Crippen LogP contribution in [-0.2, 0) is 9.59 Å². The third kappa shape index (κ3) is 2.92. The molecule has 0 bridgehead atoms. The minimum absolute atomic E-state index is 0.0262. The van der Waals surface area contributed by atoms with Gasteiger partial charge in [0.15, 0.2) is 11.5 Å². The Bertz CT molecular complexity index is 844. The van der Waals surface area contributed by atoms with Crippen LogP contribution in [0.4, 0.5) is 5.69 Å². The maximum Gasteiger partial charge on any atom is 0.249 e. The Morgan fingerprint density at radius 2 is 2.04 bits per heavy atom. The van der Waals surface area contributed by atoms with Gasteiger partial charge in [-0.2, -0.15) is 4.99 Å². The molecule has 1 atom stereocenters. The number of carbonyl (C=O) groups is 2. The van der Waals surface area contributed by atoms with Crippen molar-refractivity contribution in [3.05, 3.63) is 29.6 Å². The number of aliphatic imine (C=N–C) groups is 1. The fourth-order valence-corrected chi connectivity index (χ4v) is 2.89. The van der Waals surface area contributed by atoms with Crippen LogP contribution in [0.1, 0.15) is 20.3 Å². The van der Waals surface area contributed by atoms with Crippen LogP contribution in [0.25, 0.3) is 0 Å². The molecule has 3 N–H and O–H groups in total. The monoisotopic (exact) mass is 357 g/mol. The van der Waals surface area contributed by atoms with Crippen LogP contribution in [0.2, 0.25) is 0 Å². The molecule has 0 spiro atoms. The van der Waals surface area contributed by atoms with Gasteiger partial charge in [0.2, 0.25) is 17.8 Å². The molecule has 3 aliphatic rings. The van der Waals surface area contributed by atoms with Crippen molar-refractivity contribution in [1.82, 2.24) is 15.8 Å². The standard InChI is InChI=1S/C17H19N5O4/c1-9(2)15-20-17-19-14(23)8-11(22(17)21-15)16(24)18-10-3-4-12-13(7-10)26-6-5-25-12/h3-4,7,11,21H,5-6,8H2,1-2H3,(H,18,24)(H,19,20,23)/t11-/m1/s1. The second kappa shape index (κ2) is 6.25. The lowest BCUT2D eigenvalue weighted by atomic mass is 10.1. The van der Waals surface area contributed by atoms with Gasteiger partial charge in [-0.25, -0.2) is 5.01 Å². The van der Waals surface area contributed by atoms with Crippen molar-refractivity contribution in [2.45, 2.75) is 26.3 Å². The van der Waals surface area contributed by atoms with Crippen molar-refractivity contribution in [2.75, 3.05) is 18.5 Å². The maximum atomic E-state index is 12.8. The van der Waals surface area contributed by atoms with Crippen LogP contribution in [0.15, 0.2) is 34.6 Å². The highest BCUT2D eigenvalue weighted by atomic mass is 16.6. The predicted molar refractivity (Wildman–Crippen MR) is 93.4 cm³/mol. The predicted octanol–water partition coefficient (Wildman–Crippen LogP) is 0.712. The molecule has 9 nitrogen and oxygen atoms in total. The molecule has 4 rings (SSSR count). The lowest BCUT2D eigenvalue weighted by Gasteiger charge is -2.32. The zero-order valence-electron chi connectivity index (χ0n) is 14.5. The van der Waals surface area contributed by atoms with E-state index >= 15 is 0 Å². The van der Waals surface area contributed by atoms with Crippen LogP contribution in [0.3, 0.4) is 0 Å². The first-order valence-corrected chi connectivity index (χ1v) is 8.33. The van der Waals surface area contributed by atoms with Gasteiger partial charge in [-0.3, -0.25) is 20.3 Å². The highest BCUT2D eigenvalue weighted by Crippen LogP contribution is 2.32. The average Bonchev–Trinajstić information content (AvgIpc) is 3.05. The van der Waals surface area contributed by atoms with Crippen molar-refractivity contribution in [3.8, 4) is 11.5 Å². The number of carbonyl (C=O) groups excluding carboxylic acids is 2. The lowest BCUT2D eigenvalue weighted by Crippen LogP contribution is -2.61. The van der Waals surface area contributed by atoms with E-state index in [1.165, 1.54) is 0 Å². The van der Waals surface area contributed by atoms with Crippen molar-refractivity contribution >= 4 is 23.5 Å². The summed E-state index contributed by atoms with van der Waals surface area (Å²) in [7, 11) is 0. The SMILES string of the molecule is CC(C)=C1N=C2NC(=O)C[C@H](C(=O)Nc3ccc4c(c3)OCCO4)N2N1. The summed E-state index contributed by atoms with van der Waals surface area (Å²) in [5, 5.41) is 7.09. The van der Waals surface area contributed by atoms with E-state index in [1.807, 2.05) is 13.8 Å². The number of rotatable bonds is 2. The minimum Gasteiger partial charge on any atom is -0.486 e. The summed E-state index contributed by atoms with van der Waals surface area (Å²) >= 11 is 0. The number of anilines is 1. The molecule has 1 fully saturated rings. The number of nitrogens with one attached hydrogen (secondary N) is 3. The molecule has 0 aliphatic carbocycles. The molecule has 0 radical (unpaired) electrons. The molecule has 1 aromatic rings. The zero-order valence-corrected chi connectivity index (χ0v) is 14.5. The van der Waals surface area contributed by atoms with Gasteiger partial charge in [-0.15, -0.1) is 0 Å². The van der Waals surface area contributed by atoms with Gasteiger partial charge in [0.25, 0.3) is 0 Å². The second-order valence-electron chi connectivity index (χ2n) is 6.38. The minimum atomic E-state index is -0.715. The molecular weight excluding hydrogens is 338 g/mol. The van der Waals surface area contributed by atoms with Gasteiger partial charge in [0.05, 0.1) is 6.42 Å². The van der Waals surface area contributed by atoms with Crippen LogP contribution < -0.4 is 25.5 Å². The fourth-order valence-electron chi connectivity index (χ4n) is 2.89. The molecule has 0 saturated carbocycles. The summed E-state index contributed by atoms with van der Waals surface area (Å²) in [5.74, 6) is 1.63. The average molecular weight is 357 g/mol. The van der Waals surface area contributed by atoms with E-state index in [-0.39, 0.29) is 18.2 Å². The highest BCUT2D eigenvalue weighted by Gasteiger charge is 2.39. The Balaban J connectivity index is 1.53. The number of ether oxygens (including phenoxy) is 2. The van der Waals surface area contributed by atoms with Gasteiger partial charge < -0.3 is 14.8 Å². The highest BCUT2D eigenvalue weighted by molar-refractivity contribution is 6.07. The number of hydrazine groups is 1. The number of hydrogen-bond donors (Lipinski definition) is 3. The van der Waals surface area contributed by atoms with E-state index in [1.54, 1.807) is 23.2 Å². The summed E-state index contributed by atoms with van der Waals surface area (Å²) in [6.45, 7) is 4.77. The van der Waals surface area contributed by atoms with Crippen molar-refractivity contribution < 1.29 is 19.1 Å². The smallest absolute Gasteiger partial charge is 0.249 e. The number of hydrogen-bond acceptors (Lipinski definition) is 7. The van der Waals surface area contributed by atoms with Gasteiger partial charge in [0.1, 0.15) is 25.1 Å². The quantitative estimate of drug-likeness (QED) is 0.720. The van der Waals surface area contributed by atoms with Crippen LogP contribution >= 0.6 is 0 Å². The van der Waals surface area contributed by atoms with Gasteiger partial charge in [-0.05, 0) is 31.6 Å². The van der Waals surface area contributed by atoms with E-state index in [0.717, 1.165) is 5.57 Å². The summed E-state index contributed by atoms with van der Waals surface area (Å²) in [4.78, 5) is 29.1. The topological polar surface area (TPSA) is 104 Å². The Labute approximate surface area is 150 Å². The first kappa shape index (κ1) is 16.2. The Morgan fingerprint density at radius 1 is 1.27 bits per heavy atom. The summed E-state index contributed by atoms with van der Waals surface area (Å²) in [6.07, 6.45) is 0.0262. The van der Waals surface area contributed by atoms with E-state index in [2.05, 4.69) is 21.1 Å². The molecule has 26 heavy (non-hydrogen) atoms. The van der Waals surface area contributed by atoms with Crippen molar-refractivity contribution in [2.24, 2.45) is 4.99 Å². The summed E-state index contributed by atoms with van der Waals surface area (Å²) in [6, 6.07) is 4.48. The number of fused-ring (bicyclic) bond motifs is 2. The van der Waals surface area contributed by atoms with E-state index < -0.39 is 6.04 Å². The number of nitrogens with zero attached hydrogens (tertiary/aromatic N) is 2. The van der Waals surface area contributed by atoms with Gasteiger partial charge in [0, 0.05) is 11.8 Å². The maximum absolute atomic E-state index is 12.8. The molecule has 1 aromatic carbocycles. The third-order valence-corrected chi connectivity index (χ3v) is 4.20. The van der Waals surface area contributed by atoms with Crippen molar-refractivity contribution in [3.63, 3.8) is 0 Å². The normalized spacial score (nSPS) is 20.6. The summed E-state index contributed by atoms with van der Waals surface area (Å²) < 4.78 is 11.0. The Morgan fingerprint density at radius 3 is 2.81 bits per heavy atom. The van der Waals surface area contributed by atoms with Crippen LogP contribution in [0, 0.1) is 0 Å². The number of benzene rings is 1. The molecule has 136 valence electrons. The molecule has 0 aromatic heterocycles. The molecule has 9 heteroatoms. The fraction of sp³-hybridized carbons (Fsp3) is 0.353.